The number of hydrogen-bond acceptors (Lipinski definition) is 4. The molecule has 0 saturated carbocycles. The minimum atomic E-state index is -0.407. The third-order valence-electron chi connectivity index (χ3n) is 5.98. The van der Waals surface area contributed by atoms with Crippen LogP contribution in [0, 0.1) is 0 Å². The van der Waals surface area contributed by atoms with Gasteiger partial charge in [-0.05, 0) is 50.2 Å². The van der Waals surface area contributed by atoms with E-state index >= 15 is 0 Å². The third-order valence-corrected chi connectivity index (χ3v) is 6.30. The molecule has 2 fully saturated rings. The van der Waals surface area contributed by atoms with E-state index in [4.69, 9.17) is 16.6 Å². The highest BCUT2D eigenvalue weighted by Gasteiger charge is 2.44. The Morgan fingerprint density at radius 1 is 1.00 bits per heavy atom. The molecule has 2 amide bonds. The summed E-state index contributed by atoms with van der Waals surface area (Å²) < 4.78 is 0. The van der Waals surface area contributed by atoms with Crippen LogP contribution in [0.4, 0.5) is 5.69 Å². The van der Waals surface area contributed by atoms with Crippen molar-refractivity contribution in [2.75, 3.05) is 18.0 Å². The molecule has 6 nitrogen and oxygen atoms in total. The zero-order valence-electron chi connectivity index (χ0n) is 15.8. The summed E-state index contributed by atoms with van der Waals surface area (Å²) in [4.78, 5) is 37.1. The molecule has 7 heteroatoms. The van der Waals surface area contributed by atoms with Gasteiger partial charge in [0.25, 0.3) is 5.91 Å². The van der Waals surface area contributed by atoms with Crippen molar-refractivity contribution in [3.05, 3.63) is 59.4 Å². The van der Waals surface area contributed by atoms with Crippen molar-refractivity contribution in [3.63, 3.8) is 0 Å². The average molecular weight is 409 g/mol. The van der Waals surface area contributed by atoms with E-state index in [1.165, 1.54) is 4.90 Å². The van der Waals surface area contributed by atoms with Gasteiger partial charge in [-0.25, -0.2) is 9.88 Å². The normalized spacial score (nSPS) is 21.4. The first-order valence-electron chi connectivity index (χ1n) is 9.92. The summed E-state index contributed by atoms with van der Waals surface area (Å²) in [7, 11) is 0. The Kier molecular flexibility index (Phi) is 4.60. The number of amides is 2. The lowest BCUT2D eigenvalue weighted by Gasteiger charge is -2.34. The molecule has 5 rings (SSSR count). The number of imide groups is 1. The fourth-order valence-electron chi connectivity index (χ4n) is 4.44. The van der Waals surface area contributed by atoms with Crippen molar-refractivity contribution in [3.8, 4) is 0 Å². The minimum absolute atomic E-state index is 0.176. The Morgan fingerprint density at radius 3 is 2.48 bits per heavy atom. The van der Waals surface area contributed by atoms with E-state index in [-0.39, 0.29) is 18.2 Å². The molecule has 1 N–H and O–H groups in total. The number of anilines is 1. The first kappa shape index (κ1) is 18.3. The molecule has 3 heterocycles. The third kappa shape index (κ3) is 3.22. The van der Waals surface area contributed by atoms with Crippen LogP contribution in [0.25, 0.3) is 11.0 Å². The number of imidazole rings is 1. The molecule has 2 aliphatic heterocycles. The van der Waals surface area contributed by atoms with Gasteiger partial charge in [0, 0.05) is 5.92 Å². The summed E-state index contributed by atoms with van der Waals surface area (Å²) in [6, 6.07) is 14.6. The number of nitrogens with zero attached hydrogens (tertiary/aromatic N) is 3. The first-order chi connectivity index (χ1) is 14.1. The summed E-state index contributed by atoms with van der Waals surface area (Å²) in [5.41, 5.74) is 2.51. The monoisotopic (exact) mass is 408 g/mol. The molecule has 0 aliphatic carbocycles. The quantitative estimate of drug-likeness (QED) is 0.670. The molecule has 1 atom stereocenters. The van der Waals surface area contributed by atoms with Crippen molar-refractivity contribution in [1.82, 2.24) is 14.9 Å². The van der Waals surface area contributed by atoms with Gasteiger partial charge in [-0.15, -0.1) is 0 Å². The lowest BCUT2D eigenvalue weighted by molar-refractivity contribution is -0.123. The van der Waals surface area contributed by atoms with Gasteiger partial charge in [0.1, 0.15) is 5.82 Å². The zero-order valence-corrected chi connectivity index (χ0v) is 16.6. The number of benzene rings is 2. The van der Waals surface area contributed by atoms with Crippen LogP contribution >= 0.6 is 11.6 Å². The average Bonchev–Trinajstić information content (AvgIpc) is 3.30. The Balaban J connectivity index is 1.29. The van der Waals surface area contributed by atoms with E-state index in [2.05, 4.69) is 9.88 Å². The van der Waals surface area contributed by atoms with Gasteiger partial charge >= 0.3 is 0 Å². The molecule has 148 valence electrons. The maximum absolute atomic E-state index is 13.0. The number of fused-ring (bicyclic) bond motifs is 1. The van der Waals surface area contributed by atoms with Crippen molar-refractivity contribution >= 4 is 40.1 Å². The van der Waals surface area contributed by atoms with Gasteiger partial charge in [0.05, 0.1) is 34.2 Å². The van der Waals surface area contributed by atoms with Crippen molar-refractivity contribution in [2.45, 2.75) is 31.2 Å². The summed E-state index contributed by atoms with van der Waals surface area (Å²) in [6.45, 7) is 1.53. The van der Waals surface area contributed by atoms with Crippen LogP contribution in [-0.4, -0.2) is 45.8 Å². The van der Waals surface area contributed by atoms with Crippen LogP contribution in [-0.2, 0) is 9.59 Å². The number of likely N-dealkylation sites (tertiary alicyclic amines) is 1. The van der Waals surface area contributed by atoms with Crippen LogP contribution in [0.15, 0.2) is 48.5 Å². The number of H-pyrrole nitrogens is 1. The fourth-order valence-corrected chi connectivity index (χ4v) is 4.66. The molecule has 0 radical (unpaired) electrons. The second kappa shape index (κ2) is 7.28. The summed E-state index contributed by atoms with van der Waals surface area (Å²) in [6.07, 6.45) is 2.02. The van der Waals surface area contributed by atoms with E-state index in [1.807, 2.05) is 24.3 Å². The number of halogens is 1. The molecule has 1 aromatic heterocycles. The first-order valence-corrected chi connectivity index (χ1v) is 10.3. The number of aromatic nitrogens is 2. The molecular formula is C22H21ClN4O2. The van der Waals surface area contributed by atoms with Crippen molar-refractivity contribution in [2.24, 2.45) is 0 Å². The Bertz CT molecular complexity index is 1050. The van der Waals surface area contributed by atoms with Crippen molar-refractivity contribution in [1.29, 1.82) is 0 Å². The Hall–Kier alpha value is -2.70. The van der Waals surface area contributed by atoms with E-state index in [0.29, 0.717) is 16.6 Å². The number of aromatic amines is 1. The summed E-state index contributed by atoms with van der Waals surface area (Å²) in [5.74, 6) is 0.987. The van der Waals surface area contributed by atoms with Crippen molar-refractivity contribution < 1.29 is 9.59 Å². The lowest BCUT2D eigenvalue weighted by Crippen LogP contribution is -2.45. The van der Waals surface area contributed by atoms with Gasteiger partial charge in [0.2, 0.25) is 5.91 Å². The minimum Gasteiger partial charge on any atom is -0.342 e. The molecule has 29 heavy (non-hydrogen) atoms. The second-order valence-electron chi connectivity index (χ2n) is 7.69. The molecule has 3 aromatic rings. The topological polar surface area (TPSA) is 69.3 Å². The molecule has 0 unspecified atom stereocenters. The highest BCUT2D eigenvalue weighted by Crippen LogP contribution is 2.34. The number of para-hydroxylation sites is 3. The zero-order chi connectivity index (χ0) is 20.0. The Labute approximate surface area is 173 Å². The highest BCUT2D eigenvalue weighted by molar-refractivity contribution is 6.36. The molecule has 2 aliphatic rings. The summed E-state index contributed by atoms with van der Waals surface area (Å²) in [5, 5.41) is 0.415. The van der Waals surface area contributed by atoms with Crippen LogP contribution in [0.3, 0.4) is 0 Å². The fraction of sp³-hybridized carbons (Fsp3) is 0.318. The highest BCUT2D eigenvalue weighted by atomic mass is 35.5. The number of hydrogen-bond donors (Lipinski definition) is 1. The van der Waals surface area contributed by atoms with E-state index < -0.39 is 6.04 Å². The molecular weight excluding hydrogens is 388 g/mol. The number of carbonyl (C=O) groups is 2. The molecule has 2 saturated heterocycles. The number of rotatable bonds is 3. The van der Waals surface area contributed by atoms with E-state index in [9.17, 15) is 9.59 Å². The largest absolute Gasteiger partial charge is 0.342 e. The maximum atomic E-state index is 13.0. The molecule has 2 aromatic carbocycles. The predicted octanol–water partition coefficient (Wildman–Crippen LogP) is 3.73. The SMILES string of the molecule is O=C1C[C@@H](N2CCC(c3nc4ccccc4[nH]3)CC2)C(=O)N1c1ccccc1Cl. The number of piperidine rings is 1. The van der Waals surface area contributed by atoms with Crippen LogP contribution in [0.2, 0.25) is 5.02 Å². The van der Waals surface area contributed by atoms with Gasteiger partial charge in [-0.2, -0.15) is 0 Å². The van der Waals surface area contributed by atoms with Gasteiger partial charge in [-0.1, -0.05) is 35.9 Å². The second-order valence-corrected chi connectivity index (χ2v) is 8.10. The Morgan fingerprint density at radius 2 is 1.72 bits per heavy atom. The van der Waals surface area contributed by atoms with E-state index in [0.717, 1.165) is 42.8 Å². The lowest BCUT2D eigenvalue weighted by atomic mass is 9.95. The van der Waals surface area contributed by atoms with Gasteiger partial charge in [0.15, 0.2) is 0 Å². The van der Waals surface area contributed by atoms with Crippen LogP contribution in [0.1, 0.15) is 31.0 Å². The van der Waals surface area contributed by atoms with Crippen LogP contribution in [0.5, 0.6) is 0 Å². The summed E-state index contributed by atoms with van der Waals surface area (Å²) >= 11 is 6.22. The standard InChI is InChI=1S/C22H21ClN4O2/c23-15-5-1-4-8-18(15)27-20(28)13-19(22(27)29)26-11-9-14(10-12-26)21-24-16-6-2-3-7-17(16)25-21/h1-8,14,19H,9-13H2,(H,24,25)/t19-/m1/s1. The molecule has 0 spiro atoms. The maximum Gasteiger partial charge on any atom is 0.251 e. The van der Waals surface area contributed by atoms with Crippen LogP contribution < -0.4 is 4.90 Å². The van der Waals surface area contributed by atoms with E-state index in [1.54, 1.807) is 24.3 Å². The number of nitrogens with one attached hydrogen (secondary N) is 1. The number of carbonyl (C=O) groups excluding carboxylic acids is 2. The van der Waals surface area contributed by atoms with Gasteiger partial charge < -0.3 is 4.98 Å². The van der Waals surface area contributed by atoms with Gasteiger partial charge in [-0.3, -0.25) is 14.5 Å². The molecule has 0 bridgehead atoms. The predicted molar refractivity (Wildman–Crippen MR) is 112 cm³/mol. The smallest absolute Gasteiger partial charge is 0.251 e.